The van der Waals surface area contributed by atoms with Gasteiger partial charge in [-0.1, -0.05) is 53.1 Å². The third kappa shape index (κ3) is 4.94. The SMILES string of the molecule is CCCNCc1sc(N2CCC(c3cc(Cl)c(Cl)c(Cl)c3)(C(F)(F)F)C2)nc1C(F)(F)F. The van der Waals surface area contributed by atoms with Crippen molar-refractivity contribution < 1.29 is 26.3 Å². The van der Waals surface area contributed by atoms with E-state index in [-0.39, 0.29) is 43.7 Å². The summed E-state index contributed by atoms with van der Waals surface area (Å²) in [5, 5.41) is 2.45. The molecule has 1 unspecified atom stereocenters. The van der Waals surface area contributed by atoms with E-state index in [1.165, 1.54) is 4.90 Å². The Morgan fingerprint density at radius 1 is 1.12 bits per heavy atom. The average molecular weight is 541 g/mol. The number of hydrogen-bond acceptors (Lipinski definition) is 4. The molecule has 1 aromatic carbocycles. The second kappa shape index (κ2) is 9.37. The Labute approximate surface area is 199 Å². The first kappa shape index (κ1) is 25.7. The van der Waals surface area contributed by atoms with Crippen molar-refractivity contribution in [3.05, 3.63) is 43.3 Å². The van der Waals surface area contributed by atoms with Gasteiger partial charge in [0.1, 0.15) is 5.41 Å². The molecular weight excluding hydrogens is 523 g/mol. The van der Waals surface area contributed by atoms with Crippen molar-refractivity contribution in [2.45, 2.75) is 44.1 Å². The molecule has 1 aromatic heterocycles. The lowest BCUT2D eigenvalue weighted by molar-refractivity contribution is -0.184. The molecule has 0 saturated carbocycles. The predicted octanol–water partition coefficient (Wildman–Crippen LogP) is 7.33. The first-order valence-electron chi connectivity index (χ1n) is 9.54. The van der Waals surface area contributed by atoms with E-state index in [2.05, 4.69) is 10.3 Å². The molecule has 1 atom stereocenters. The van der Waals surface area contributed by atoms with Gasteiger partial charge in [0, 0.05) is 19.6 Å². The van der Waals surface area contributed by atoms with Gasteiger partial charge in [-0.3, -0.25) is 0 Å². The third-order valence-electron chi connectivity index (χ3n) is 5.29. The van der Waals surface area contributed by atoms with Gasteiger partial charge in [0.05, 0.1) is 19.9 Å². The Morgan fingerprint density at radius 2 is 1.75 bits per heavy atom. The first-order valence-corrected chi connectivity index (χ1v) is 11.5. The van der Waals surface area contributed by atoms with E-state index in [1.807, 2.05) is 6.92 Å². The number of halogens is 9. The molecule has 32 heavy (non-hydrogen) atoms. The maximum Gasteiger partial charge on any atom is 0.434 e. The fourth-order valence-electron chi connectivity index (χ4n) is 3.63. The third-order valence-corrected chi connectivity index (χ3v) is 7.60. The summed E-state index contributed by atoms with van der Waals surface area (Å²) in [5.74, 6) is 0. The van der Waals surface area contributed by atoms with Crippen molar-refractivity contribution >= 4 is 51.3 Å². The standard InChI is InChI=1S/C19H18Cl3F6N3S/c1-2-4-29-8-13-15(18(23,24)25)30-16(32-13)31-5-3-17(9-31,19(26,27)28)10-6-11(20)14(22)12(21)7-10/h6-7,29H,2-5,8-9H2,1H3. The Morgan fingerprint density at radius 3 is 2.28 bits per heavy atom. The largest absolute Gasteiger partial charge is 0.434 e. The number of thiazole rings is 1. The van der Waals surface area contributed by atoms with E-state index in [1.54, 1.807) is 0 Å². The van der Waals surface area contributed by atoms with Crippen LogP contribution in [0.1, 0.15) is 35.9 Å². The minimum absolute atomic E-state index is 0.0665. The van der Waals surface area contributed by atoms with Gasteiger partial charge in [0.25, 0.3) is 0 Å². The van der Waals surface area contributed by atoms with Gasteiger partial charge in [-0.15, -0.1) is 0 Å². The lowest BCUT2D eigenvalue weighted by Crippen LogP contribution is -2.44. The van der Waals surface area contributed by atoms with Crippen LogP contribution in [-0.2, 0) is 18.1 Å². The number of aromatic nitrogens is 1. The summed E-state index contributed by atoms with van der Waals surface area (Å²) in [6.07, 6.45) is -9.09. The van der Waals surface area contributed by atoms with Crippen LogP contribution in [0.15, 0.2) is 12.1 Å². The Hall–Kier alpha value is -0.940. The summed E-state index contributed by atoms with van der Waals surface area (Å²) in [5.41, 5.74) is -3.65. The summed E-state index contributed by atoms with van der Waals surface area (Å²) in [6, 6.07) is 2.21. The van der Waals surface area contributed by atoms with Crippen molar-refractivity contribution in [3.63, 3.8) is 0 Å². The molecule has 3 nitrogen and oxygen atoms in total. The van der Waals surface area contributed by atoms with Crippen LogP contribution in [0.3, 0.4) is 0 Å². The molecule has 1 aliphatic heterocycles. The summed E-state index contributed by atoms with van der Waals surface area (Å²) >= 11 is 18.5. The number of rotatable bonds is 6. The Bertz CT molecular complexity index is 955. The molecule has 2 heterocycles. The molecule has 13 heteroatoms. The van der Waals surface area contributed by atoms with Gasteiger partial charge in [0.2, 0.25) is 0 Å². The molecule has 0 aliphatic carbocycles. The van der Waals surface area contributed by atoms with Crippen LogP contribution in [-0.4, -0.2) is 30.8 Å². The predicted molar refractivity (Wildman–Crippen MR) is 115 cm³/mol. The lowest BCUT2D eigenvalue weighted by Gasteiger charge is -2.32. The van der Waals surface area contributed by atoms with Gasteiger partial charge in [0.15, 0.2) is 10.8 Å². The molecular formula is C19H18Cl3F6N3S. The first-order chi connectivity index (χ1) is 14.8. The van der Waals surface area contributed by atoms with Crippen LogP contribution < -0.4 is 10.2 Å². The van der Waals surface area contributed by atoms with Gasteiger partial charge in [-0.2, -0.15) is 26.3 Å². The zero-order valence-electron chi connectivity index (χ0n) is 16.6. The molecule has 0 bridgehead atoms. The zero-order valence-corrected chi connectivity index (χ0v) is 19.7. The van der Waals surface area contributed by atoms with E-state index in [0.29, 0.717) is 6.54 Å². The van der Waals surface area contributed by atoms with Crippen LogP contribution in [0.2, 0.25) is 15.1 Å². The highest BCUT2D eigenvalue weighted by molar-refractivity contribution is 7.15. The molecule has 0 radical (unpaired) electrons. The summed E-state index contributed by atoms with van der Waals surface area (Å²) in [7, 11) is 0. The molecule has 0 amide bonds. The summed E-state index contributed by atoms with van der Waals surface area (Å²) in [6.45, 7) is 1.55. The summed E-state index contributed by atoms with van der Waals surface area (Å²) in [4.78, 5) is 4.83. The number of nitrogens with one attached hydrogen (secondary N) is 1. The van der Waals surface area contributed by atoms with E-state index in [4.69, 9.17) is 34.8 Å². The average Bonchev–Trinajstić information content (AvgIpc) is 3.30. The molecule has 0 spiro atoms. The smallest absolute Gasteiger partial charge is 0.347 e. The van der Waals surface area contributed by atoms with Gasteiger partial charge in [-0.25, -0.2) is 4.98 Å². The Balaban J connectivity index is 1.99. The van der Waals surface area contributed by atoms with E-state index >= 15 is 0 Å². The van der Waals surface area contributed by atoms with Gasteiger partial charge >= 0.3 is 12.4 Å². The summed E-state index contributed by atoms with van der Waals surface area (Å²) < 4.78 is 83.2. The lowest BCUT2D eigenvalue weighted by atomic mass is 9.79. The minimum Gasteiger partial charge on any atom is -0.347 e. The maximum atomic E-state index is 14.3. The van der Waals surface area contributed by atoms with Gasteiger partial charge < -0.3 is 10.2 Å². The van der Waals surface area contributed by atoms with Crippen molar-refractivity contribution in [3.8, 4) is 0 Å². The van der Waals surface area contributed by atoms with Crippen molar-refractivity contribution in [2.75, 3.05) is 24.5 Å². The van der Waals surface area contributed by atoms with Gasteiger partial charge in [-0.05, 0) is 37.1 Å². The highest BCUT2D eigenvalue weighted by atomic mass is 35.5. The second-order valence-corrected chi connectivity index (χ2v) is 9.70. The minimum atomic E-state index is -4.71. The van der Waals surface area contributed by atoms with Crippen molar-refractivity contribution in [1.29, 1.82) is 0 Å². The quantitative estimate of drug-likeness (QED) is 0.236. The fourth-order valence-corrected chi connectivity index (χ4v) is 5.30. The Kier molecular flexibility index (Phi) is 7.52. The molecule has 1 fully saturated rings. The van der Waals surface area contributed by atoms with Crippen LogP contribution in [0, 0.1) is 0 Å². The van der Waals surface area contributed by atoms with Crippen LogP contribution in [0.4, 0.5) is 31.5 Å². The van der Waals surface area contributed by atoms with Crippen LogP contribution in [0.25, 0.3) is 0 Å². The monoisotopic (exact) mass is 539 g/mol. The number of anilines is 1. The molecule has 178 valence electrons. The van der Waals surface area contributed by atoms with E-state index in [0.717, 1.165) is 29.9 Å². The fraction of sp³-hybridized carbons (Fsp3) is 0.526. The van der Waals surface area contributed by atoms with Crippen LogP contribution in [0.5, 0.6) is 0 Å². The molecule has 1 aliphatic rings. The van der Waals surface area contributed by atoms with Crippen molar-refractivity contribution in [1.82, 2.24) is 10.3 Å². The highest BCUT2D eigenvalue weighted by Gasteiger charge is 2.59. The maximum absolute atomic E-state index is 14.3. The zero-order chi connectivity index (χ0) is 23.9. The van der Waals surface area contributed by atoms with Crippen LogP contribution >= 0.6 is 46.1 Å². The molecule has 3 rings (SSSR count). The molecule has 2 aromatic rings. The molecule has 1 N–H and O–H groups in total. The van der Waals surface area contributed by atoms with Crippen molar-refractivity contribution in [2.24, 2.45) is 0 Å². The number of nitrogens with zero attached hydrogens (tertiary/aromatic N) is 2. The normalized spacial score (nSPS) is 19.8. The topological polar surface area (TPSA) is 28.2 Å². The number of hydrogen-bond donors (Lipinski definition) is 1. The number of alkyl halides is 6. The van der Waals surface area contributed by atoms with E-state index < -0.39 is 36.4 Å². The van der Waals surface area contributed by atoms with E-state index in [9.17, 15) is 26.3 Å². The highest BCUT2D eigenvalue weighted by Crippen LogP contribution is 2.51. The number of benzene rings is 1. The second-order valence-electron chi connectivity index (χ2n) is 7.45. The molecule has 1 saturated heterocycles.